The molecule has 0 aliphatic carbocycles. The molecule has 0 bridgehead atoms. The Morgan fingerprint density at radius 3 is 2.16 bits per heavy atom. The lowest BCUT2D eigenvalue weighted by atomic mass is 9.92. The number of ether oxygens (including phenoxy) is 2. The molecule has 0 N–H and O–H groups in total. The van der Waals surface area contributed by atoms with Crippen molar-refractivity contribution in [2.45, 2.75) is 12.0 Å². The monoisotopic (exact) mass is 426 g/mol. The number of hydrogen-bond donors (Lipinski definition) is 0. The summed E-state index contributed by atoms with van der Waals surface area (Å²) in [5.74, 6) is 2.11. The number of para-hydroxylation sites is 2. The number of rotatable bonds is 4. The topological polar surface area (TPSA) is 61.5 Å². The second-order valence-corrected chi connectivity index (χ2v) is 8.30. The summed E-state index contributed by atoms with van der Waals surface area (Å²) in [6.07, 6.45) is -0.369. The van der Waals surface area contributed by atoms with E-state index < -0.39 is 0 Å². The molecule has 1 aliphatic heterocycles. The summed E-state index contributed by atoms with van der Waals surface area (Å²) in [5, 5.41) is 14.6. The largest absolute Gasteiger partial charge is 0.485 e. The maximum Gasteiger partial charge on any atom is 0.234 e. The number of aromatic nitrogens is 4. The van der Waals surface area contributed by atoms with Crippen LogP contribution in [0.4, 0.5) is 0 Å². The van der Waals surface area contributed by atoms with E-state index in [-0.39, 0.29) is 12.0 Å². The third-order valence-electron chi connectivity index (χ3n) is 5.34. The van der Waals surface area contributed by atoms with Crippen molar-refractivity contribution in [1.29, 1.82) is 0 Å². The summed E-state index contributed by atoms with van der Waals surface area (Å²) in [6, 6.07) is 28.5. The fraction of sp³-hybridized carbons (Fsp3) is 0.125. The maximum atomic E-state index is 6.14. The smallest absolute Gasteiger partial charge is 0.234 e. The van der Waals surface area contributed by atoms with E-state index in [1.54, 1.807) is 15.9 Å². The Balaban J connectivity index is 1.41. The standard InChI is InChI=1S/C24H18N4O2S/c1-3-9-16(10-4-1)21(17-11-5-2-6-12-17)23-27-28-22(25-26-24(28)31-23)20-15-29-18-13-7-8-14-19(18)30-20/h1-14,20-21H,15H2. The van der Waals surface area contributed by atoms with Crippen molar-refractivity contribution in [2.75, 3.05) is 6.61 Å². The average Bonchev–Trinajstić information content (AvgIpc) is 3.41. The van der Waals surface area contributed by atoms with Gasteiger partial charge in [-0.15, -0.1) is 10.2 Å². The van der Waals surface area contributed by atoms with Crippen molar-refractivity contribution in [3.63, 3.8) is 0 Å². The Hall–Kier alpha value is -3.71. The second kappa shape index (κ2) is 7.52. The summed E-state index contributed by atoms with van der Waals surface area (Å²) in [5.41, 5.74) is 2.37. The second-order valence-electron chi connectivity index (χ2n) is 7.31. The van der Waals surface area contributed by atoms with E-state index in [0.29, 0.717) is 18.2 Å². The molecule has 31 heavy (non-hydrogen) atoms. The van der Waals surface area contributed by atoms with Gasteiger partial charge in [-0.05, 0) is 23.3 Å². The van der Waals surface area contributed by atoms with Gasteiger partial charge in [-0.3, -0.25) is 0 Å². The van der Waals surface area contributed by atoms with Crippen LogP contribution in [0.25, 0.3) is 4.96 Å². The van der Waals surface area contributed by atoms with Crippen LogP contribution in [0.5, 0.6) is 11.5 Å². The van der Waals surface area contributed by atoms with Crippen LogP contribution < -0.4 is 9.47 Å². The minimum Gasteiger partial charge on any atom is -0.485 e. The highest BCUT2D eigenvalue weighted by Crippen LogP contribution is 2.37. The highest BCUT2D eigenvalue weighted by Gasteiger charge is 2.29. The first-order valence-corrected chi connectivity index (χ1v) is 10.9. The molecule has 0 amide bonds. The van der Waals surface area contributed by atoms with Crippen molar-refractivity contribution in [1.82, 2.24) is 19.8 Å². The zero-order chi connectivity index (χ0) is 20.6. The normalized spacial score (nSPS) is 15.5. The Kier molecular flexibility index (Phi) is 4.39. The Bertz CT molecular complexity index is 1290. The maximum absolute atomic E-state index is 6.14. The lowest BCUT2D eigenvalue weighted by molar-refractivity contribution is 0.0836. The highest BCUT2D eigenvalue weighted by molar-refractivity contribution is 7.16. The van der Waals surface area contributed by atoms with E-state index >= 15 is 0 Å². The average molecular weight is 427 g/mol. The molecule has 1 atom stereocenters. The number of fused-ring (bicyclic) bond motifs is 2. The van der Waals surface area contributed by atoms with E-state index in [1.807, 2.05) is 36.4 Å². The zero-order valence-electron chi connectivity index (χ0n) is 16.5. The van der Waals surface area contributed by atoms with Crippen LogP contribution in [-0.2, 0) is 0 Å². The van der Waals surface area contributed by atoms with Crippen LogP contribution in [0.3, 0.4) is 0 Å². The molecule has 3 heterocycles. The molecular weight excluding hydrogens is 408 g/mol. The third kappa shape index (κ3) is 3.23. The molecule has 7 heteroatoms. The van der Waals surface area contributed by atoms with Gasteiger partial charge in [-0.2, -0.15) is 9.61 Å². The number of nitrogens with zero attached hydrogens (tertiary/aromatic N) is 4. The van der Waals surface area contributed by atoms with Crippen LogP contribution >= 0.6 is 11.3 Å². The van der Waals surface area contributed by atoms with Crippen molar-refractivity contribution < 1.29 is 9.47 Å². The van der Waals surface area contributed by atoms with Gasteiger partial charge in [0.25, 0.3) is 0 Å². The molecule has 3 aromatic carbocycles. The van der Waals surface area contributed by atoms with Gasteiger partial charge in [0.2, 0.25) is 4.96 Å². The van der Waals surface area contributed by atoms with Crippen molar-refractivity contribution in [3.05, 3.63) is 107 Å². The first-order chi connectivity index (χ1) is 15.4. The predicted octanol–water partition coefficient (Wildman–Crippen LogP) is 4.88. The van der Waals surface area contributed by atoms with E-state index in [9.17, 15) is 0 Å². The lowest BCUT2D eigenvalue weighted by Crippen LogP contribution is -2.24. The first kappa shape index (κ1) is 18.1. The highest BCUT2D eigenvalue weighted by atomic mass is 32.1. The molecule has 6 nitrogen and oxygen atoms in total. The molecule has 152 valence electrons. The third-order valence-corrected chi connectivity index (χ3v) is 6.30. The Labute approximate surface area is 182 Å². The van der Waals surface area contributed by atoms with E-state index in [4.69, 9.17) is 14.6 Å². The number of hydrogen-bond acceptors (Lipinski definition) is 6. The molecule has 0 radical (unpaired) electrons. The molecule has 0 spiro atoms. The van der Waals surface area contributed by atoms with Crippen LogP contribution in [0, 0.1) is 0 Å². The zero-order valence-corrected chi connectivity index (χ0v) is 17.3. The molecule has 5 aromatic rings. The molecule has 6 rings (SSSR count). The van der Waals surface area contributed by atoms with E-state index in [0.717, 1.165) is 15.7 Å². The molecular formula is C24H18N4O2S. The van der Waals surface area contributed by atoms with Crippen LogP contribution in [0.15, 0.2) is 84.9 Å². The van der Waals surface area contributed by atoms with Crippen LogP contribution in [-0.4, -0.2) is 26.4 Å². The predicted molar refractivity (Wildman–Crippen MR) is 118 cm³/mol. The molecule has 1 aliphatic rings. The first-order valence-electron chi connectivity index (χ1n) is 10.1. The fourth-order valence-electron chi connectivity index (χ4n) is 3.88. The van der Waals surface area contributed by atoms with Crippen molar-refractivity contribution >= 4 is 16.3 Å². The van der Waals surface area contributed by atoms with Gasteiger partial charge in [0.1, 0.15) is 11.6 Å². The van der Waals surface area contributed by atoms with Crippen LogP contribution in [0.1, 0.15) is 34.0 Å². The van der Waals surface area contributed by atoms with Gasteiger partial charge in [0, 0.05) is 0 Å². The summed E-state index contributed by atoms with van der Waals surface area (Å²) >= 11 is 1.55. The van der Waals surface area contributed by atoms with E-state index in [1.165, 1.54) is 11.1 Å². The SMILES string of the molecule is c1ccc(C(c2ccccc2)c2nn3c(C4COc5ccccc5O4)nnc3s2)cc1. The Morgan fingerprint density at radius 1 is 0.806 bits per heavy atom. The molecule has 1 unspecified atom stereocenters. The summed E-state index contributed by atoms with van der Waals surface area (Å²) in [7, 11) is 0. The van der Waals surface area contributed by atoms with Gasteiger partial charge in [-0.25, -0.2) is 0 Å². The minimum absolute atomic E-state index is 0.0196. The molecule has 0 saturated heterocycles. The molecule has 0 fully saturated rings. The fourth-order valence-corrected chi connectivity index (χ4v) is 4.88. The van der Waals surface area contributed by atoms with Gasteiger partial charge in [0.05, 0.1) is 5.92 Å². The molecule has 2 aromatic heterocycles. The minimum atomic E-state index is -0.369. The lowest BCUT2D eigenvalue weighted by Gasteiger charge is -2.24. The van der Waals surface area contributed by atoms with Gasteiger partial charge in [0.15, 0.2) is 23.4 Å². The van der Waals surface area contributed by atoms with Gasteiger partial charge in [-0.1, -0.05) is 84.1 Å². The van der Waals surface area contributed by atoms with Crippen molar-refractivity contribution in [3.8, 4) is 11.5 Å². The van der Waals surface area contributed by atoms with Crippen LogP contribution in [0.2, 0.25) is 0 Å². The summed E-state index contributed by atoms with van der Waals surface area (Å²) < 4.78 is 13.8. The van der Waals surface area contributed by atoms with Gasteiger partial charge < -0.3 is 9.47 Å². The van der Waals surface area contributed by atoms with Crippen molar-refractivity contribution in [2.24, 2.45) is 0 Å². The van der Waals surface area contributed by atoms with Gasteiger partial charge >= 0.3 is 0 Å². The summed E-state index contributed by atoms with van der Waals surface area (Å²) in [4.78, 5) is 0.740. The quantitative estimate of drug-likeness (QED) is 0.410. The summed E-state index contributed by atoms with van der Waals surface area (Å²) in [6.45, 7) is 0.367. The van der Waals surface area contributed by atoms with E-state index in [2.05, 4.69) is 58.7 Å². The number of benzene rings is 3. The Morgan fingerprint density at radius 2 is 1.45 bits per heavy atom. The molecule has 0 saturated carbocycles.